The van der Waals surface area contributed by atoms with Gasteiger partial charge >= 0.3 is 0 Å². The van der Waals surface area contributed by atoms with Gasteiger partial charge in [-0.15, -0.1) is 0 Å². The summed E-state index contributed by atoms with van der Waals surface area (Å²) >= 11 is 0. The van der Waals surface area contributed by atoms with Gasteiger partial charge in [0.25, 0.3) is 0 Å². The van der Waals surface area contributed by atoms with Crippen LogP contribution in [-0.2, 0) is 44.9 Å². The van der Waals surface area contributed by atoms with Crippen LogP contribution in [0.1, 0.15) is 56.8 Å². The standard InChI is InChI=1S/C62H78O16/c1-63-47-31-40(32-48(64-2)44(47)21-18-38-27-53(69-7)60(76-14)54(28-38)70-8)23-42(20-17-37-25-51(67-5)59(75-13)52(26-37)68-6)46(43-35-57(73-11)62(78-16)58(36-43)74-12)24-41-33-49(65-3)45(50(34-41)66-4)22-19-39-29-55(71-9)61(77-15)56(30-39)72-10/h25-36,42,46H,17-24H2,1-16H3/t42-,46-/m0/s1. The largest absolute Gasteiger partial charge is 0.496 e. The summed E-state index contributed by atoms with van der Waals surface area (Å²) < 4.78 is 94.1. The third-order valence-electron chi connectivity index (χ3n) is 14.3. The number of ether oxygens (including phenoxy) is 16. The average molecular weight is 1080 g/mol. The van der Waals surface area contributed by atoms with Gasteiger partial charge in [0.05, 0.1) is 114 Å². The lowest BCUT2D eigenvalue weighted by Crippen LogP contribution is -2.20. The maximum Gasteiger partial charge on any atom is 0.203 e. The zero-order valence-corrected chi connectivity index (χ0v) is 48.3. The van der Waals surface area contributed by atoms with E-state index in [1.165, 1.54) is 0 Å². The second-order valence-electron chi connectivity index (χ2n) is 18.3. The van der Waals surface area contributed by atoms with Gasteiger partial charge in [-0.3, -0.25) is 0 Å². The van der Waals surface area contributed by atoms with Gasteiger partial charge in [-0.05, 0) is 169 Å². The highest BCUT2D eigenvalue weighted by Crippen LogP contribution is 2.47. The van der Waals surface area contributed by atoms with E-state index in [2.05, 4.69) is 24.3 Å². The second-order valence-corrected chi connectivity index (χ2v) is 18.3. The van der Waals surface area contributed by atoms with Crippen LogP contribution in [0.3, 0.4) is 0 Å². The Hall–Kier alpha value is -7.88. The molecule has 16 nitrogen and oxygen atoms in total. The lowest BCUT2D eigenvalue weighted by atomic mass is 9.75. The van der Waals surface area contributed by atoms with Crippen LogP contribution in [-0.4, -0.2) is 114 Å². The van der Waals surface area contributed by atoms with Crippen molar-refractivity contribution in [3.63, 3.8) is 0 Å². The van der Waals surface area contributed by atoms with Crippen molar-refractivity contribution in [1.29, 1.82) is 0 Å². The van der Waals surface area contributed by atoms with Crippen molar-refractivity contribution in [3.8, 4) is 92.0 Å². The number of rotatable bonds is 31. The molecule has 0 aliphatic rings. The first-order valence-electron chi connectivity index (χ1n) is 25.5. The van der Waals surface area contributed by atoms with Gasteiger partial charge in [-0.25, -0.2) is 0 Å². The molecule has 6 aromatic carbocycles. The molecule has 0 unspecified atom stereocenters. The lowest BCUT2D eigenvalue weighted by molar-refractivity contribution is 0.320. The van der Waals surface area contributed by atoms with Crippen LogP contribution in [0.2, 0.25) is 0 Å². The van der Waals surface area contributed by atoms with Gasteiger partial charge in [0.1, 0.15) is 23.0 Å². The van der Waals surface area contributed by atoms with Crippen molar-refractivity contribution in [3.05, 3.63) is 117 Å². The number of aryl methyl sites for hydroxylation is 3. The molecule has 422 valence electrons. The van der Waals surface area contributed by atoms with Crippen LogP contribution in [0.4, 0.5) is 0 Å². The van der Waals surface area contributed by atoms with Crippen molar-refractivity contribution >= 4 is 0 Å². The van der Waals surface area contributed by atoms with E-state index < -0.39 is 0 Å². The van der Waals surface area contributed by atoms with Gasteiger partial charge in [0, 0.05) is 11.1 Å². The smallest absolute Gasteiger partial charge is 0.203 e. The van der Waals surface area contributed by atoms with Gasteiger partial charge in [-0.1, -0.05) is 0 Å². The second kappa shape index (κ2) is 28.5. The van der Waals surface area contributed by atoms with Crippen molar-refractivity contribution < 1.29 is 75.8 Å². The average Bonchev–Trinajstić information content (AvgIpc) is 3.49. The van der Waals surface area contributed by atoms with Crippen molar-refractivity contribution in [2.45, 2.75) is 57.3 Å². The highest BCUT2D eigenvalue weighted by molar-refractivity contribution is 5.59. The summed E-state index contributed by atoms with van der Waals surface area (Å²) in [4.78, 5) is 0. The Balaban J connectivity index is 1.49. The lowest BCUT2D eigenvalue weighted by Gasteiger charge is -2.30. The van der Waals surface area contributed by atoms with E-state index >= 15 is 0 Å². The molecule has 6 aromatic rings. The van der Waals surface area contributed by atoms with Crippen LogP contribution in [0.15, 0.2) is 72.8 Å². The third kappa shape index (κ3) is 13.4. The first kappa shape index (κ1) is 59.4. The predicted octanol–water partition coefficient (Wildman–Crippen LogP) is 11.2. The zero-order valence-electron chi connectivity index (χ0n) is 48.3. The van der Waals surface area contributed by atoms with Gasteiger partial charge in [0.2, 0.25) is 23.0 Å². The quantitative estimate of drug-likeness (QED) is 0.0406. The minimum absolute atomic E-state index is 0.0666. The minimum atomic E-state index is -0.183. The van der Waals surface area contributed by atoms with Crippen LogP contribution in [0.5, 0.6) is 92.0 Å². The van der Waals surface area contributed by atoms with E-state index in [1.807, 2.05) is 48.5 Å². The molecule has 0 spiro atoms. The zero-order chi connectivity index (χ0) is 56.5. The highest BCUT2D eigenvalue weighted by atomic mass is 16.6. The Kier molecular flexibility index (Phi) is 21.7. The summed E-state index contributed by atoms with van der Waals surface area (Å²) in [6.07, 6.45) is 4.99. The van der Waals surface area contributed by atoms with E-state index in [4.69, 9.17) is 75.8 Å². The summed E-state index contributed by atoms with van der Waals surface area (Å²) in [5, 5.41) is 0. The SMILES string of the molecule is COc1cc(C[C@H](CCc2cc(OC)c(OC)c(OC)c2)[C@H](Cc2cc(OC)c(CCc3cc(OC)c(OC)c(OC)c3)c(OC)c2)c2cc(OC)c(OC)c(OC)c2)cc(OC)c1CCc1cc(OC)c(OC)c(OC)c1. The third-order valence-corrected chi connectivity index (χ3v) is 14.3. The van der Waals surface area contributed by atoms with Crippen molar-refractivity contribution in [1.82, 2.24) is 0 Å². The van der Waals surface area contributed by atoms with Crippen LogP contribution in [0.25, 0.3) is 0 Å². The molecule has 16 heteroatoms. The molecule has 2 atom stereocenters. The molecular weight excluding hydrogens is 1000 g/mol. The Morgan fingerprint density at radius 2 is 0.487 bits per heavy atom. The molecule has 0 radical (unpaired) electrons. The molecule has 0 amide bonds. The molecule has 78 heavy (non-hydrogen) atoms. The minimum Gasteiger partial charge on any atom is -0.496 e. The van der Waals surface area contributed by atoms with Crippen LogP contribution in [0, 0.1) is 5.92 Å². The van der Waals surface area contributed by atoms with E-state index in [0.717, 1.165) is 44.5 Å². The fourth-order valence-electron chi connectivity index (χ4n) is 10.4. The molecule has 6 rings (SSSR count). The first-order valence-corrected chi connectivity index (χ1v) is 25.5. The van der Waals surface area contributed by atoms with Gasteiger partial charge in [-0.2, -0.15) is 0 Å². The normalized spacial score (nSPS) is 11.6. The molecule has 0 saturated carbocycles. The van der Waals surface area contributed by atoms with Crippen molar-refractivity contribution in [2.75, 3.05) is 114 Å². The van der Waals surface area contributed by atoms with Crippen molar-refractivity contribution in [2.24, 2.45) is 5.92 Å². The predicted molar refractivity (Wildman–Crippen MR) is 300 cm³/mol. The fourth-order valence-corrected chi connectivity index (χ4v) is 10.4. The first-order chi connectivity index (χ1) is 37.9. The van der Waals surface area contributed by atoms with E-state index in [0.29, 0.717) is 143 Å². The highest BCUT2D eigenvalue weighted by Gasteiger charge is 2.30. The summed E-state index contributed by atoms with van der Waals surface area (Å²) in [6, 6.07) is 24.4. The molecule has 0 heterocycles. The van der Waals surface area contributed by atoms with E-state index in [1.54, 1.807) is 114 Å². The van der Waals surface area contributed by atoms with Crippen LogP contribution < -0.4 is 75.8 Å². The number of hydrogen-bond donors (Lipinski definition) is 0. The van der Waals surface area contributed by atoms with Gasteiger partial charge < -0.3 is 75.8 Å². The van der Waals surface area contributed by atoms with Gasteiger partial charge in [0.15, 0.2) is 46.0 Å². The molecule has 0 aromatic heterocycles. The summed E-state index contributed by atoms with van der Waals surface area (Å²) in [6.45, 7) is 0. The number of methoxy groups -OCH3 is 16. The molecule has 0 fully saturated rings. The molecule has 0 saturated heterocycles. The summed E-state index contributed by atoms with van der Waals surface area (Å²) in [5.41, 5.74) is 7.84. The maximum absolute atomic E-state index is 6.22. The monoisotopic (exact) mass is 1080 g/mol. The Morgan fingerprint density at radius 1 is 0.244 bits per heavy atom. The molecule has 0 aliphatic carbocycles. The molecule has 0 N–H and O–H groups in total. The number of benzene rings is 6. The molecule has 0 aliphatic heterocycles. The fraction of sp³-hybridized carbons (Fsp3) is 0.419. The Bertz CT molecular complexity index is 2780. The number of hydrogen-bond acceptors (Lipinski definition) is 16. The summed E-state index contributed by atoms with van der Waals surface area (Å²) in [5.74, 6) is 9.21. The van der Waals surface area contributed by atoms with Crippen LogP contribution >= 0.6 is 0 Å². The Morgan fingerprint density at radius 3 is 0.756 bits per heavy atom. The summed E-state index contributed by atoms with van der Waals surface area (Å²) in [7, 11) is 26.1. The maximum atomic E-state index is 6.22. The van der Waals surface area contributed by atoms with E-state index in [9.17, 15) is 0 Å². The topological polar surface area (TPSA) is 148 Å². The van der Waals surface area contributed by atoms with E-state index in [-0.39, 0.29) is 11.8 Å². The Labute approximate surface area is 460 Å². The molecular formula is C62H78O16. The molecule has 0 bridgehead atoms.